The van der Waals surface area contributed by atoms with Gasteiger partial charge in [-0.1, -0.05) is 18.2 Å². The Hall–Kier alpha value is -3.00. The molecular formula is C20H18FN3O3S. The predicted molar refractivity (Wildman–Crippen MR) is 102 cm³/mol. The van der Waals surface area contributed by atoms with E-state index in [4.69, 9.17) is 0 Å². The van der Waals surface area contributed by atoms with Crippen LogP contribution >= 0.6 is 0 Å². The van der Waals surface area contributed by atoms with Gasteiger partial charge in [-0.25, -0.2) is 12.8 Å². The zero-order chi connectivity index (χ0) is 19.7. The Morgan fingerprint density at radius 3 is 2.54 bits per heavy atom. The lowest BCUT2D eigenvalue weighted by Crippen LogP contribution is -2.32. The average Bonchev–Trinajstić information content (AvgIpc) is 3.39. The SMILES string of the molecule is O=C(c1cc(-c2ccc(F)cc2)n[nH]1)N1CCC(S(=O)(=O)c2ccccc2)C1. The van der Waals surface area contributed by atoms with Gasteiger partial charge in [-0.15, -0.1) is 0 Å². The third kappa shape index (κ3) is 3.43. The van der Waals surface area contributed by atoms with Crippen molar-refractivity contribution in [1.82, 2.24) is 15.1 Å². The molecule has 1 aromatic heterocycles. The number of amides is 1. The van der Waals surface area contributed by atoms with E-state index in [0.717, 1.165) is 0 Å². The highest BCUT2D eigenvalue weighted by Crippen LogP contribution is 2.25. The maximum atomic E-state index is 13.1. The summed E-state index contributed by atoms with van der Waals surface area (Å²) in [6.45, 7) is 0.501. The van der Waals surface area contributed by atoms with Gasteiger partial charge in [-0.2, -0.15) is 5.10 Å². The molecular weight excluding hydrogens is 381 g/mol. The van der Waals surface area contributed by atoms with Crippen molar-refractivity contribution in [2.24, 2.45) is 0 Å². The summed E-state index contributed by atoms with van der Waals surface area (Å²) in [5, 5.41) is 6.18. The molecule has 2 heterocycles. The summed E-state index contributed by atoms with van der Waals surface area (Å²) < 4.78 is 38.6. The van der Waals surface area contributed by atoms with E-state index in [2.05, 4.69) is 10.2 Å². The lowest BCUT2D eigenvalue weighted by atomic mass is 10.1. The summed E-state index contributed by atoms with van der Waals surface area (Å²) in [5.74, 6) is -0.648. The average molecular weight is 399 g/mol. The number of halogens is 1. The van der Waals surface area contributed by atoms with E-state index in [9.17, 15) is 17.6 Å². The van der Waals surface area contributed by atoms with Crippen LogP contribution < -0.4 is 0 Å². The van der Waals surface area contributed by atoms with Gasteiger partial charge in [-0.3, -0.25) is 9.89 Å². The van der Waals surface area contributed by atoms with Crippen LogP contribution in [0, 0.1) is 5.82 Å². The van der Waals surface area contributed by atoms with Gasteiger partial charge in [0.25, 0.3) is 5.91 Å². The van der Waals surface area contributed by atoms with E-state index in [1.165, 1.54) is 17.0 Å². The van der Waals surface area contributed by atoms with Crippen LogP contribution in [-0.2, 0) is 9.84 Å². The molecule has 0 spiro atoms. The maximum absolute atomic E-state index is 13.1. The Balaban J connectivity index is 1.49. The first-order chi connectivity index (χ1) is 13.4. The van der Waals surface area contributed by atoms with Crippen molar-refractivity contribution in [2.75, 3.05) is 13.1 Å². The highest BCUT2D eigenvalue weighted by molar-refractivity contribution is 7.92. The van der Waals surface area contributed by atoms with Crippen LogP contribution in [0.3, 0.4) is 0 Å². The van der Waals surface area contributed by atoms with E-state index in [1.54, 1.807) is 48.5 Å². The first kappa shape index (κ1) is 18.4. The monoisotopic (exact) mass is 399 g/mol. The van der Waals surface area contributed by atoms with Gasteiger partial charge >= 0.3 is 0 Å². The van der Waals surface area contributed by atoms with E-state index in [1.807, 2.05) is 0 Å². The fourth-order valence-electron chi connectivity index (χ4n) is 3.34. The number of H-pyrrole nitrogens is 1. The van der Waals surface area contributed by atoms with Crippen molar-refractivity contribution < 1.29 is 17.6 Å². The molecule has 6 nitrogen and oxygen atoms in total. The molecule has 1 unspecified atom stereocenters. The third-order valence-electron chi connectivity index (χ3n) is 4.89. The van der Waals surface area contributed by atoms with Crippen LogP contribution in [0.4, 0.5) is 4.39 Å². The first-order valence-electron chi connectivity index (χ1n) is 8.85. The molecule has 1 N–H and O–H groups in total. The highest BCUT2D eigenvalue weighted by atomic mass is 32.2. The van der Waals surface area contributed by atoms with Crippen LogP contribution in [0.15, 0.2) is 65.6 Å². The number of hydrogen-bond donors (Lipinski definition) is 1. The van der Waals surface area contributed by atoms with Gasteiger partial charge < -0.3 is 4.90 Å². The zero-order valence-electron chi connectivity index (χ0n) is 14.9. The standard InChI is InChI=1S/C20H18FN3O3S/c21-15-8-6-14(7-9-15)18-12-19(23-22-18)20(25)24-11-10-17(13-24)28(26,27)16-4-2-1-3-5-16/h1-9,12,17H,10-11,13H2,(H,22,23). The Labute approximate surface area is 161 Å². The van der Waals surface area contributed by atoms with Crippen LogP contribution in [0.25, 0.3) is 11.3 Å². The fraction of sp³-hybridized carbons (Fsp3) is 0.200. The smallest absolute Gasteiger partial charge is 0.271 e. The van der Waals surface area contributed by atoms with Crippen LogP contribution in [0.2, 0.25) is 0 Å². The minimum absolute atomic E-state index is 0.140. The number of benzene rings is 2. The van der Waals surface area contributed by atoms with Crippen molar-refractivity contribution in [1.29, 1.82) is 0 Å². The fourth-order valence-corrected chi connectivity index (χ4v) is 5.05. The molecule has 0 aliphatic carbocycles. The van der Waals surface area contributed by atoms with Crippen LogP contribution in [0.1, 0.15) is 16.9 Å². The first-order valence-corrected chi connectivity index (χ1v) is 10.4. The van der Waals surface area contributed by atoms with Gasteiger partial charge in [0.05, 0.1) is 15.8 Å². The number of hydrogen-bond acceptors (Lipinski definition) is 4. The van der Waals surface area contributed by atoms with Gasteiger partial charge in [0.15, 0.2) is 9.84 Å². The molecule has 0 bridgehead atoms. The van der Waals surface area contributed by atoms with E-state index >= 15 is 0 Å². The Morgan fingerprint density at radius 1 is 1.11 bits per heavy atom. The summed E-state index contributed by atoms with van der Waals surface area (Å²) in [6, 6.07) is 15.7. The Bertz CT molecular complexity index is 1100. The van der Waals surface area contributed by atoms with Gasteiger partial charge in [0, 0.05) is 18.7 Å². The molecule has 1 aliphatic rings. The number of likely N-dealkylation sites (tertiary alicyclic amines) is 1. The second-order valence-corrected chi connectivity index (χ2v) is 8.92. The summed E-state index contributed by atoms with van der Waals surface area (Å²) >= 11 is 0. The number of nitrogens with one attached hydrogen (secondary N) is 1. The van der Waals surface area contributed by atoms with Crippen molar-refractivity contribution >= 4 is 15.7 Å². The molecule has 3 aromatic rings. The van der Waals surface area contributed by atoms with E-state index in [-0.39, 0.29) is 28.9 Å². The molecule has 2 aromatic carbocycles. The van der Waals surface area contributed by atoms with Crippen molar-refractivity contribution in [2.45, 2.75) is 16.6 Å². The van der Waals surface area contributed by atoms with Gasteiger partial charge in [-0.05, 0) is 48.9 Å². The predicted octanol–water partition coefficient (Wildman–Crippen LogP) is 2.90. The molecule has 8 heteroatoms. The summed E-state index contributed by atoms with van der Waals surface area (Å²) in [7, 11) is -3.48. The van der Waals surface area contributed by atoms with Crippen LogP contribution in [0.5, 0.6) is 0 Å². The molecule has 1 aliphatic heterocycles. The second-order valence-electron chi connectivity index (χ2n) is 6.69. The third-order valence-corrected chi connectivity index (χ3v) is 7.08. The zero-order valence-corrected chi connectivity index (χ0v) is 15.7. The second kappa shape index (κ2) is 7.20. The normalized spacial score (nSPS) is 17.0. The molecule has 0 radical (unpaired) electrons. The van der Waals surface area contributed by atoms with Gasteiger partial charge in [0.2, 0.25) is 0 Å². The number of aromatic nitrogens is 2. The summed E-state index contributed by atoms with van der Waals surface area (Å²) in [5.41, 5.74) is 1.48. The van der Waals surface area contributed by atoms with Crippen LogP contribution in [-0.4, -0.2) is 47.8 Å². The summed E-state index contributed by atoms with van der Waals surface area (Å²) in [4.78, 5) is 14.5. The molecule has 1 amide bonds. The number of nitrogens with zero attached hydrogens (tertiary/aromatic N) is 2. The Kier molecular flexibility index (Phi) is 4.72. The lowest BCUT2D eigenvalue weighted by Gasteiger charge is -2.15. The molecule has 144 valence electrons. The van der Waals surface area contributed by atoms with E-state index in [0.29, 0.717) is 24.2 Å². The molecule has 1 saturated heterocycles. The van der Waals surface area contributed by atoms with Crippen molar-refractivity contribution in [3.05, 3.63) is 72.2 Å². The minimum Gasteiger partial charge on any atom is -0.336 e. The van der Waals surface area contributed by atoms with Gasteiger partial charge in [0.1, 0.15) is 11.5 Å². The molecule has 0 saturated carbocycles. The summed E-state index contributed by atoms with van der Waals surface area (Å²) in [6.07, 6.45) is 0.391. The van der Waals surface area contributed by atoms with E-state index < -0.39 is 15.1 Å². The largest absolute Gasteiger partial charge is 0.336 e. The molecule has 28 heavy (non-hydrogen) atoms. The number of carbonyl (C=O) groups excluding carboxylic acids is 1. The minimum atomic E-state index is -3.48. The maximum Gasteiger partial charge on any atom is 0.271 e. The van der Waals surface area contributed by atoms with Crippen molar-refractivity contribution in [3.8, 4) is 11.3 Å². The molecule has 1 fully saturated rings. The highest BCUT2D eigenvalue weighted by Gasteiger charge is 2.36. The Morgan fingerprint density at radius 2 is 1.82 bits per heavy atom. The molecule has 4 rings (SSSR count). The number of aromatic amines is 1. The quantitative estimate of drug-likeness (QED) is 0.731. The topological polar surface area (TPSA) is 83.1 Å². The number of rotatable bonds is 4. The van der Waals surface area contributed by atoms with Crippen molar-refractivity contribution in [3.63, 3.8) is 0 Å². The number of carbonyl (C=O) groups is 1. The molecule has 1 atom stereocenters. The lowest BCUT2D eigenvalue weighted by molar-refractivity contribution is 0.0787. The number of sulfone groups is 1.